The molecule has 0 saturated heterocycles. The summed E-state index contributed by atoms with van der Waals surface area (Å²) in [5, 5.41) is 7.07. The van der Waals surface area contributed by atoms with Crippen LogP contribution in [0.3, 0.4) is 0 Å². The number of sulfonamides is 1. The normalized spacial score (nSPS) is 12.2. The smallest absolute Gasteiger partial charge is 0.246 e. The third kappa shape index (κ3) is 4.55. The van der Waals surface area contributed by atoms with Gasteiger partial charge in [0.05, 0.1) is 19.3 Å². The molecule has 1 N–H and O–H groups in total. The highest BCUT2D eigenvalue weighted by Crippen LogP contribution is 2.14. The highest BCUT2D eigenvalue weighted by atomic mass is 32.2. The van der Waals surface area contributed by atoms with E-state index >= 15 is 0 Å². The average molecular weight is 304 g/mol. The third-order valence-electron chi connectivity index (χ3n) is 2.88. The fourth-order valence-electron chi connectivity index (χ4n) is 1.73. The SMILES string of the molecule is CCOCCN(CC)S(=O)(=O)c1cnn(CCNC)c1. The van der Waals surface area contributed by atoms with Gasteiger partial charge in [0.1, 0.15) is 4.90 Å². The first-order valence-corrected chi connectivity index (χ1v) is 8.25. The number of ether oxygens (including phenoxy) is 1. The lowest BCUT2D eigenvalue weighted by atomic mass is 10.6. The molecular weight excluding hydrogens is 280 g/mol. The van der Waals surface area contributed by atoms with Crippen LogP contribution >= 0.6 is 0 Å². The number of aromatic nitrogens is 2. The summed E-state index contributed by atoms with van der Waals surface area (Å²) in [6, 6.07) is 0. The van der Waals surface area contributed by atoms with Crippen molar-refractivity contribution in [1.29, 1.82) is 0 Å². The van der Waals surface area contributed by atoms with Crippen molar-refractivity contribution >= 4 is 10.0 Å². The fraction of sp³-hybridized carbons (Fsp3) is 0.750. The van der Waals surface area contributed by atoms with E-state index in [9.17, 15) is 8.42 Å². The van der Waals surface area contributed by atoms with Gasteiger partial charge in [0.2, 0.25) is 10.0 Å². The van der Waals surface area contributed by atoms with Gasteiger partial charge in [-0.05, 0) is 14.0 Å². The lowest BCUT2D eigenvalue weighted by Gasteiger charge is -2.19. The molecule has 20 heavy (non-hydrogen) atoms. The zero-order valence-electron chi connectivity index (χ0n) is 12.4. The van der Waals surface area contributed by atoms with Gasteiger partial charge in [-0.15, -0.1) is 0 Å². The minimum absolute atomic E-state index is 0.229. The van der Waals surface area contributed by atoms with E-state index in [2.05, 4.69) is 10.4 Å². The van der Waals surface area contributed by atoms with Crippen LogP contribution in [0.1, 0.15) is 13.8 Å². The molecule has 0 spiro atoms. The second-order valence-corrected chi connectivity index (χ2v) is 6.17. The van der Waals surface area contributed by atoms with Crippen LogP contribution in [-0.4, -0.2) is 62.4 Å². The number of hydrogen-bond donors (Lipinski definition) is 1. The van der Waals surface area contributed by atoms with E-state index < -0.39 is 10.0 Å². The summed E-state index contributed by atoms with van der Waals surface area (Å²) < 4.78 is 33.1. The molecule has 0 bridgehead atoms. The summed E-state index contributed by atoms with van der Waals surface area (Å²) in [7, 11) is -1.65. The monoisotopic (exact) mass is 304 g/mol. The van der Waals surface area contributed by atoms with E-state index in [0.29, 0.717) is 32.8 Å². The van der Waals surface area contributed by atoms with Crippen molar-refractivity contribution in [3.63, 3.8) is 0 Å². The van der Waals surface area contributed by atoms with Crippen LogP contribution in [0.4, 0.5) is 0 Å². The summed E-state index contributed by atoms with van der Waals surface area (Å²) in [6.07, 6.45) is 2.96. The van der Waals surface area contributed by atoms with Gasteiger partial charge in [-0.2, -0.15) is 9.40 Å². The largest absolute Gasteiger partial charge is 0.380 e. The summed E-state index contributed by atoms with van der Waals surface area (Å²) in [4.78, 5) is 0.229. The summed E-state index contributed by atoms with van der Waals surface area (Å²) >= 11 is 0. The van der Waals surface area contributed by atoms with Crippen LogP contribution in [0.2, 0.25) is 0 Å². The van der Waals surface area contributed by atoms with Gasteiger partial charge < -0.3 is 10.1 Å². The van der Waals surface area contributed by atoms with Crippen molar-refractivity contribution in [3.05, 3.63) is 12.4 Å². The Morgan fingerprint density at radius 3 is 2.80 bits per heavy atom. The maximum Gasteiger partial charge on any atom is 0.246 e. The molecule has 116 valence electrons. The van der Waals surface area contributed by atoms with Crippen LogP contribution < -0.4 is 5.32 Å². The van der Waals surface area contributed by atoms with Crippen LogP contribution in [0, 0.1) is 0 Å². The number of hydrogen-bond acceptors (Lipinski definition) is 5. The Morgan fingerprint density at radius 2 is 2.20 bits per heavy atom. The van der Waals surface area contributed by atoms with Crippen LogP contribution in [-0.2, 0) is 21.3 Å². The lowest BCUT2D eigenvalue weighted by molar-refractivity contribution is 0.135. The topological polar surface area (TPSA) is 76.5 Å². The highest BCUT2D eigenvalue weighted by Gasteiger charge is 2.24. The predicted octanol–water partition coefficient (Wildman–Crippen LogP) is 0.150. The molecule has 0 aromatic carbocycles. The van der Waals surface area contributed by atoms with Gasteiger partial charge in [0.25, 0.3) is 0 Å². The lowest BCUT2D eigenvalue weighted by Crippen LogP contribution is -2.33. The van der Waals surface area contributed by atoms with Gasteiger partial charge in [-0.25, -0.2) is 8.42 Å². The van der Waals surface area contributed by atoms with Gasteiger partial charge in [-0.3, -0.25) is 4.68 Å². The second kappa shape index (κ2) is 8.35. The van der Waals surface area contributed by atoms with Crippen LogP contribution in [0.15, 0.2) is 17.3 Å². The minimum Gasteiger partial charge on any atom is -0.380 e. The Balaban J connectivity index is 2.76. The van der Waals surface area contributed by atoms with Gasteiger partial charge in [0.15, 0.2) is 0 Å². The molecule has 0 aliphatic carbocycles. The summed E-state index contributed by atoms with van der Waals surface area (Å²) in [5.41, 5.74) is 0. The third-order valence-corrected chi connectivity index (χ3v) is 4.81. The molecule has 1 rings (SSSR count). The molecule has 0 radical (unpaired) electrons. The Labute approximate surface area is 121 Å². The maximum absolute atomic E-state index is 12.4. The quantitative estimate of drug-likeness (QED) is 0.623. The molecule has 0 saturated carbocycles. The van der Waals surface area contributed by atoms with Crippen molar-refractivity contribution in [3.8, 4) is 0 Å². The molecule has 0 aliphatic rings. The van der Waals surface area contributed by atoms with Crippen molar-refractivity contribution in [1.82, 2.24) is 19.4 Å². The first-order chi connectivity index (χ1) is 9.56. The standard InChI is InChI=1S/C12H24N4O3S/c1-4-16(8-9-19-5-2)20(17,18)12-10-14-15(11-12)7-6-13-3/h10-11,13H,4-9H2,1-3H3. The summed E-state index contributed by atoms with van der Waals surface area (Å²) in [5.74, 6) is 0. The van der Waals surface area contributed by atoms with E-state index in [1.54, 1.807) is 10.9 Å². The molecule has 0 unspecified atom stereocenters. The fourth-order valence-corrected chi connectivity index (χ4v) is 3.12. The number of rotatable bonds is 10. The molecule has 7 nitrogen and oxygen atoms in total. The second-order valence-electron chi connectivity index (χ2n) is 4.24. The van der Waals surface area contributed by atoms with Gasteiger partial charge >= 0.3 is 0 Å². The first kappa shape index (κ1) is 17.1. The Morgan fingerprint density at radius 1 is 1.45 bits per heavy atom. The number of nitrogens with one attached hydrogen (secondary N) is 1. The van der Waals surface area contributed by atoms with E-state index in [4.69, 9.17) is 4.74 Å². The summed E-state index contributed by atoms with van der Waals surface area (Å²) in [6.45, 7) is 6.83. The molecule has 0 fully saturated rings. The number of nitrogens with zero attached hydrogens (tertiary/aromatic N) is 3. The molecule has 8 heteroatoms. The van der Waals surface area contributed by atoms with Crippen molar-refractivity contribution in [2.24, 2.45) is 0 Å². The van der Waals surface area contributed by atoms with Gasteiger partial charge in [0, 0.05) is 32.4 Å². The first-order valence-electron chi connectivity index (χ1n) is 6.81. The van der Waals surface area contributed by atoms with E-state index in [1.165, 1.54) is 10.5 Å². The van der Waals surface area contributed by atoms with Crippen molar-refractivity contribution < 1.29 is 13.2 Å². The number of likely N-dealkylation sites (N-methyl/N-ethyl adjacent to an activating group) is 2. The Bertz CT molecular complexity index is 487. The molecular formula is C12H24N4O3S. The van der Waals surface area contributed by atoms with Crippen LogP contribution in [0.5, 0.6) is 0 Å². The molecule has 1 heterocycles. The van der Waals surface area contributed by atoms with E-state index in [-0.39, 0.29) is 4.90 Å². The molecule has 1 aromatic heterocycles. The minimum atomic E-state index is -3.49. The molecule has 0 aliphatic heterocycles. The molecule has 1 aromatic rings. The Kier molecular flexibility index (Phi) is 7.14. The Hall–Kier alpha value is -0.960. The molecule has 0 atom stereocenters. The zero-order chi connectivity index (χ0) is 15.0. The zero-order valence-corrected chi connectivity index (χ0v) is 13.2. The average Bonchev–Trinajstić information content (AvgIpc) is 2.90. The van der Waals surface area contributed by atoms with Gasteiger partial charge in [-0.1, -0.05) is 6.92 Å². The maximum atomic E-state index is 12.4. The highest BCUT2D eigenvalue weighted by molar-refractivity contribution is 7.89. The predicted molar refractivity (Wildman–Crippen MR) is 77.1 cm³/mol. The van der Waals surface area contributed by atoms with Crippen molar-refractivity contribution in [2.45, 2.75) is 25.3 Å². The molecule has 0 amide bonds. The van der Waals surface area contributed by atoms with Crippen LogP contribution in [0.25, 0.3) is 0 Å². The van der Waals surface area contributed by atoms with E-state index in [0.717, 1.165) is 6.54 Å². The van der Waals surface area contributed by atoms with E-state index in [1.807, 2.05) is 20.9 Å². The van der Waals surface area contributed by atoms with Crippen molar-refractivity contribution in [2.75, 3.05) is 39.9 Å².